The largest absolute Gasteiger partial charge is 0.480 e. The van der Waals surface area contributed by atoms with E-state index in [1.807, 2.05) is 0 Å². The fraction of sp³-hybridized carbons (Fsp3) is 0.571. The van der Waals surface area contributed by atoms with E-state index in [2.05, 4.69) is 15.4 Å². The second-order valence-electron chi connectivity index (χ2n) is 2.93. The van der Waals surface area contributed by atoms with Gasteiger partial charge in [0.1, 0.15) is 0 Å². The maximum absolute atomic E-state index is 10.7. The summed E-state index contributed by atoms with van der Waals surface area (Å²) < 4.78 is 0. The van der Waals surface area contributed by atoms with Crippen molar-refractivity contribution in [3.63, 3.8) is 0 Å². The molecule has 0 spiro atoms. The van der Waals surface area contributed by atoms with E-state index in [0.29, 0.717) is 6.42 Å². The summed E-state index contributed by atoms with van der Waals surface area (Å²) in [6, 6.07) is -0.862. The smallest absolute Gasteiger partial charge is 0.330 e. The zero-order chi connectivity index (χ0) is 11.4. The van der Waals surface area contributed by atoms with Gasteiger partial charge in [-0.1, -0.05) is 6.92 Å². The van der Waals surface area contributed by atoms with Gasteiger partial charge in [0.15, 0.2) is 11.9 Å². The molecule has 0 aliphatic carbocycles. The van der Waals surface area contributed by atoms with E-state index in [1.165, 1.54) is 0 Å². The summed E-state index contributed by atoms with van der Waals surface area (Å²) in [6.45, 7) is 1.69. The number of nitrogens with two attached hydrogens (primary N) is 1. The second kappa shape index (κ2) is 4.49. The Morgan fingerprint density at radius 2 is 2.27 bits per heavy atom. The van der Waals surface area contributed by atoms with Crippen LogP contribution in [-0.4, -0.2) is 37.2 Å². The van der Waals surface area contributed by atoms with Crippen molar-refractivity contribution in [3.8, 4) is 0 Å². The van der Waals surface area contributed by atoms with Crippen LogP contribution in [0.1, 0.15) is 25.2 Å². The van der Waals surface area contributed by atoms with Crippen LogP contribution < -0.4 is 5.73 Å². The minimum absolute atomic E-state index is 0.127. The van der Waals surface area contributed by atoms with Crippen molar-refractivity contribution in [1.82, 2.24) is 20.2 Å². The van der Waals surface area contributed by atoms with E-state index in [-0.39, 0.29) is 12.2 Å². The molecular formula is C7H11N5O3. The molecule has 1 amide bonds. The van der Waals surface area contributed by atoms with Crippen LogP contribution in [0.5, 0.6) is 0 Å². The van der Waals surface area contributed by atoms with Crippen molar-refractivity contribution in [3.05, 3.63) is 5.82 Å². The van der Waals surface area contributed by atoms with Gasteiger partial charge in [-0.2, -0.15) is 0 Å². The highest BCUT2D eigenvalue weighted by Gasteiger charge is 2.20. The van der Waals surface area contributed by atoms with Gasteiger partial charge in [0.25, 0.3) is 0 Å². The molecule has 0 aliphatic rings. The number of tetrazole rings is 1. The minimum Gasteiger partial charge on any atom is -0.480 e. The Labute approximate surface area is 85.1 Å². The lowest BCUT2D eigenvalue weighted by Crippen LogP contribution is -2.21. The molecule has 1 rings (SSSR count). The molecule has 1 unspecified atom stereocenters. The number of carbonyl (C=O) groups excluding carboxylic acids is 1. The molecule has 0 aliphatic heterocycles. The molecule has 15 heavy (non-hydrogen) atoms. The fourth-order valence-corrected chi connectivity index (χ4v) is 1.05. The molecule has 0 bridgehead atoms. The lowest BCUT2D eigenvalue weighted by molar-refractivity contribution is -0.141. The third-order valence-corrected chi connectivity index (χ3v) is 1.75. The number of rotatable bonds is 5. The molecule has 1 aromatic rings. The summed E-state index contributed by atoms with van der Waals surface area (Å²) in [7, 11) is 0. The lowest BCUT2D eigenvalue weighted by atomic mass is 10.2. The highest BCUT2D eigenvalue weighted by atomic mass is 16.4. The minimum atomic E-state index is -1.04. The zero-order valence-corrected chi connectivity index (χ0v) is 8.12. The van der Waals surface area contributed by atoms with Crippen molar-refractivity contribution < 1.29 is 14.7 Å². The first-order valence-corrected chi connectivity index (χ1v) is 4.34. The highest BCUT2D eigenvalue weighted by Crippen LogP contribution is 2.07. The Bertz CT molecular complexity index is 374. The SMILES string of the molecule is CCC(C(=O)O)n1nnc(CC(N)=O)n1. The average molecular weight is 213 g/mol. The van der Waals surface area contributed by atoms with E-state index >= 15 is 0 Å². The third-order valence-electron chi connectivity index (χ3n) is 1.75. The number of carboxylic acid groups (broad SMARTS) is 1. The van der Waals surface area contributed by atoms with Gasteiger partial charge in [-0.15, -0.1) is 15.0 Å². The molecule has 1 heterocycles. The Morgan fingerprint density at radius 1 is 1.60 bits per heavy atom. The molecule has 1 aromatic heterocycles. The van der Waals surface area contributed by atoms with Crippen molar-refractivity contribution in [2.24, 2.45) is 5.73 Å². The predicted molar refractivity (Wildman–Crippen MR) is 47.7 cm³/mol. The van der Waals surface area contributed by atoms with E-state index in [0.717, 1.165) is 4.80 Å². The van der Waals surface area contributed by atoms with E-state index in [9.17, 15) is 9.59 Å². The molecule has 3 N–H and O–H groups in total. The predicted octanol–water partition coefficient (Wildman–Crippen LogP) is -1.26. The third kappa shape index (κ3) is 2.73. The number of hydrogen-bond donors (Lipinski definition) is 2. The maximum atomic E-state index is 10.7. The molecule has 0 radical (unpaired) electrons. The Balaban J connectivity index is 2.82. The summed E-state index contributed by atoms with van der Waals surface area (Å²) in [5.74, 6) is -1.50. The van der Waals surface area contributed by atoms with E-state index < -0.39 is 17.9 Å². The summed E-state index contributed by atoms with van der Waals surface area (Å²) in [6.07, 6.45) is 0.192. The van der Waals surface area contributed by atoms with Crippen molar-refractivity contribution in [2.75, 3.05) is 0 Å². The topological polar surface area (TPSA) is 124 Å². The number of carbonyl (C=O) groups is 2. The van der Waals surface area contributed by atoms with Crippen LogP contribution in [0.4, 0.5) is 0 Å². The van der Waals surface area contributed by atoms with Crippen molar-refractivity contribution in [2.45, 2.75) is 25.8 Å². The first-order chi connectivity index (χ1) is 7.04. The quantitative estimate of drug-likeness (QED) is 0.628. The Hall–Kier alpha value is -1.99. The van der Waals surface area contributed by atoms with Gasteiger partial charge < -0.3 is 10.8 Å². The van der Waals surface area contributed by atoms with Crippen LogP contribution >= 0.6 is 0 Å². The molecule has 1 atom stereocenters. The van der Waals surface area contributed by atoms with Crippen LogP contribution in [0.2, 0.25) is 0 Å². The zero-order valence-electron chi connectivity index (χ0n) is 8.12. The number of hydrogen-bond acceptors (Lipinski definition) is 5. The number of primary amides is 1. The number of amides is 1. The van der Waals surface area contributed by atoms with Gasteiger partial charge in [-0.3, -0.25) is 4.79 Å². The van der Waals surface area contributed by atoms with E-state index in [4.69, 9.17) is 10.8 Å². The normalized spacial score (nSPS) is 12.3. The highest BCUT2D eigenvalue weighted by molar-refractivity contribution is 5.75. The van der Waals surface area contributed by atoms with Gasteiger partial charge in [-0.05, 0) is 11.6 Å². The summed E-state index contributed by atoms with van der Waals surface area (Å²) in [4.78, 5) is 22.3. The molecule has 0 aromatic carbocycles. The first kappa shape index (κ1) is 11.1. The van der Waals surface area contributed by atoms with Gasteiger partial charge in [0.05, 0.1) is 6.42 Å². The fourth-order valence-electron chi connectivity index (χ4n) is 1.05. The van der Waals surface area contributed by atoms with Gasteiger partial charge in [0, 0.05) is 0 Å². The Kier molecular flexibility index (Phi) is 3.32. The van der Waals surface area contributed by atoms with Crippen molar-refractivity contribution >= 4 is 11.9 Å². The van der Waals surface area contributed by atoms with Gasteiger partial charge >= 0.3 is 5.97 Å². The second-order valence-corrected chi connectivity index (χ2v) is 2.93. The summed E-state index contributed by atoms with van der Waals surface area (Å²) in [5.41, 5.74) is 4.93. The first-order valence-electron chi connectivity index (χ1n) is 4.34. The molecule has 0 saturated carbocycles. The van der Waals surface area contributed by atoms with Crippen LogP contribution in [0.3, 0.4) is 0 Å². The standard InChI is InChI=1S/C7H11N5O3/c1-2-4(7(14)15)12-10-6(9-11-12)3-5(8)13/h4H,2-3H2,1H3,(H2,8,13)(H,14,15). The number of nitrogens with zero attached hydrogens (tertiary/aromatic N) is 4. The monoisotopic (exact) mass is 213 g/mol. The average Bonchev–Trinajstić information content (AvgIpc) is 2.52. The van der Waals surface area contributed by atoms with Crippen LogP contribution in [0, 0.1) is 0 Å². The van der Waals surface area contributed by atoms with Crippen LogP contribution in [0.25, 0.3) is 0 Å². The maximum Gasteiger partial charge on any atom is 0.330 e. The molecule has 82 valence electrons. The van der Waals surface area contributed by atoms with Crippen molar-refractivity contribution in [1.29, 1.82) is 0 Å². The molecule has 0 saturated heterocycles. The number of aromatic nitrogens is 4. The van der Waals surface area contributed by atoms with Crippen LogP contribution in [-0.2, 0) is 16.0 Å². The number of carboxylic acids is 1. The Morgan fingerprint density at radius 3 is 2.73 bits per heavy atom. The number of aliphatic carboxylic acids is 1. The molecule has 8 heteroatoms. The van der Waals surface area contributed by atoms with Gasteiger partial charge in [0.2, 0.25) is 5.91 Å². The summed E-state index contributed by atoms with van der Waals surface area (Å²) >= 11 is 0. The van der Waals surface area contributed by atoms with E-state index in [1.54, 1.807) is 6.92 Å². The molecule has 8 nitrogen and oxygen atoms in total. The van der Waals surface area contributed by atoms with Crippen LogP contribution in [0.15, 0.2) is 0 Å². The molecule has 0 fully saturated rings. The van der Waals surface area contributed by atoms with Gasteiger partial charge in [-0.25, -0.2) is 4.79 Å². The summed E-state index contributed by atoms with van der Waals surface area (Å²) in [5, 5.41) is 19.6. The lowest BCUT2D eigenvalue weighted by Gasteiger charge is -2.05. The molecular weight excluding hydrogens is 202 g/mol.